The van der Waals surface area contributed by atoms with E-state index in [9.17, 15) is 4.79 Å². The summed E-state index contributed by atoms with van der Waals surface area (Å²) in [6, 6.07) is 5.16. The second kappa shape index (κ2) is 8.15. The van der Waals surface area contributed by atoms with Crippen LogP contribution >= 0.6 is 11.6 Å². The van der Waals surface area contributed by atoms with Crippen LogP contribution < -0.4 is 11.1 Å². The smallest absolute Gasteiger partial charge is 0.248 e. The fourth-order valence-electron chi connectivity index (χ4n) is 1.84. The van der Waals surface area contributed by atoms with Gasteiger partial charge < -0.3 is 16.0 Å². The highest BCUT2D eigenvalue weighted by Crippen LogP contribution is 2.17. The first-order valence-corrected chi connectivity index (χ1v) is 6.97. The van der Waals surface area contributed by atoms with Gasteiger partial charge in [-0.3, -0.25) is 4.79 Å². The second-order valence-electron chi connectivity index (χ2n) is 4.37. The first-order chi connectivity index (χ1) is 9.08. The van der Waals surface area contributed by atoms with Gasteiger partial charge in [-0.2, -0.15) is 0 Å². The van der Waals surface area contributed by atoms with E-state index in [0.717, 1.165) is 31.7 Å². The summed E-state index contributed by atoms with van der Waals surface area (Å²) in [5, 5.41) is 3.92. The van der Waals surface area contributed by atoms with E-state index in [-0.39, 0.29) is 0 Å². The molecule has 106 valence electrons. The fourth-order valence-corrected chi connectivity index (χ4v) is 2.09. The van der Waals surface area contributed by atoms with Gasteiger partial charge in [0, 0.05) is 30.2 Å². The van der Waals surface area contributed by atoms with Crippen LogP contribution in [-0.4, -0.2) is 37.0 Å². The van der Waals surface area contributed by atoms with Gasteiger partial charge in [0.15, 0.2) is 0 Å². The Labute approximate surface area is 119 Å². The van der Waals surface area contributed by atoms with E-state index in [1.807, 2.05) is 6.07 Å². The Hall–Kier alpha value is -1.10. The summed E-state index contributed by atoms with van der Waals surface area (Å²) >= 11 is 6.11. The first kappa shape index (κ1) is 16.0. The van der Waals surface area contributed by atoms with Crippen LogP contribution in [0.3, 0.4) is 0 Å². The predicted octanol–water partition coefficient (Wildman–Crippen LogP) is 1.87. The van der Waals surface area contributed by atoms with Crippen LogP contribution in [-0.2, 0) is 6.54 Å². The van der Waals surface area contributed by atoms with Gasteiger partial charge in [-0.15, -0.1) is 0 Å². The van der Waals surface area contributed by atoms with Crippen molar-refractivity contribution in [3.8, 4) is 0 Å². The van der Waals surface area contributed by atoms with E-state index in [4.69, 9.17) is 17.3 Å². The van der Waals surface area contributed by atoms with Crippen LogP contribution in [0.15, 0.2) is 18.2 Å². The molecule has 3 N–H and O–H groups in total. The number of primary amides is 1. The fraction of sp³-hybridized carbons (Fsp3) is 0.500. The van der Waals surface area contributed by atoms with Gasteiger partial charge in [-0.05, 0) is 30.8 Å². The van der Waals surface area contributed by atoms with E-state index in [0.29, 0.717) is 17.1 Å². The molecule has 0 aromatic heterocycles. The molecule has 0 atom stereocenters. The Morgan fingerprint density at radius 3 is 2.58 bits per heavy atom. The van der Waals surface area contributed by atoms with Crippen molar-refractivity contribution < 1.29 is 4.79 Å². The molecule has 1 aromatic carbocycles. The van der Waals surface area contributed by atoms with E-state index in [1.165, 1.54) is 0 Å². The van der Waals surface area contributed by atoms with Gasteiger partial charge in [0.05, 0.1) is 0 Å². The molecule has 1 amide bonds. The number of hydrogen-bond donors (Lipinski definition) is 2. The van der Waals surface area contributed by atoms with E-state index in [1.54, 1.807) is 12.1 Å². The normalized spacial score (nSPS) is 10.9. The molecule has 0 radical (unpaired) electrons. The quantitative estimate of drug-likeness (QED) is 0.716. The molecule has 0 saturated carbocycles. The summed E-state index contributed by atoms with van der Waals surface area (Å²) in [5.41, 5.74) is 6.62. The summed E-state index contributed by atoms with van der Waals surface area (Å²) in [4.78, 5) is 13.4. The van der Waals surface area contributed by atoms with Crippen molar-refractivity contribution in [3.05, 3.63) is 34.3 Å². The number of nitrogens with one attached hydrogen (secondary N) is 1. The molecule has 0 saturated heterocycles. The van der Waals surface area contributed by atoms with Crippen molar-refractivity contribution in [1.29, 1.82) is 0 Å². The molecular formula is C14H22ClN3O. The number of halogens is 1. The molecule has 19 heavy (non-hydrogen) atoms. The number of nitrogens with two attached hydrogens (primary N) is 1. The number of amides is 1. The van der Waals surface area contributed by atoms with Crippen LogP contribution in [0.2, 0.25) is 5.02 Å². The van der Waals surface area contributed by atoms with Gasteiger partial charge >= 0.3 is 0 Å². The zero-order chi connectivity index (χ0) is 14.3. The summed E-state index contributed by atoms with van der Waals surface area (Å²) in [6.07, 6.45) is 0. The topological polar surface area (TPSA) is 58.4 Å². The SMILES string of the molecule is CCN(CC)CCNCc1ccc(C(N)=O)cc1Cl. The lowest BCUT2D eigenvalue weighted by atomic mass is 10.1. The number of carbonyl (C=O) groups is 1. The average molecular weight is 284 g/mol. The Morgan fingerprint density at radius 2 is 2.05 bits per heavy atom. The number of hydrogen-bond acceptors (Lipinski definition) is 3. The molecule has 0 heterocycles. The van der Waals surface area contributed by atoms with Crippen molar-refractivity contribution in [3.63, 3.8) is 0 Å². The molecule has 1 aromatic rings. The summed E-state index contributed by atoms with van der Waals surface area (Å²) < 4.78 is 0. The highest BCUT2D eigenvalue weighted by molar-refractivity contribution is 6.31. The van der Waals surface area contributed by atoms with Crippen molar-refractivity contribution >= 4 is 17.5 Å². The summed E-state index contributed by atoms with van der Waals surface area (Å²) in [5.74, 6) is -0.456. The maximum Gasteiger partial charge on any atom is 0.248 e. The van der Waals surface area contributed by atoms with Crippen LogP contribution in [0.25, 0.3) is 0 Å². The Kier molecular flexibility index (Phi) is 6.84. The van der Waals surface area contributed by atoms with Crippen LogP contribution in [0.1, 0.15) is 29.8 Å². The second-order valence-corrected chi connectivity index (χ2v) is 4.78. The van der Waals surface area contributed by atoms with Gasteiger partial charge in [0.2, 0.25) is 5.91 Å². The zero-order valence-corrected chi connectivity index (χ0v) is 12.3. The number of benzene rings is 1. The minimum atomic E-state index is -0.456. The molecule has 4 nitrogen and oxygen atoms in total. The lowest BCUT2D eigenvalue weighted by molar-refractivity contribution is 0.100. The number of likely N-dealkylation sites (N-methyl/N-ethyl adjacent to an activating group) is 1. The first-order valence-electron chi connectivity index (χ1n) is 6.59. The van der Waals surface area contributed by atoms with Gasteiger partial charge in [-0.1, -0.05) is 31.5 Å². The van der Waals surface area contributed by atoms with Gasteiger partial charge in [-0.25, -0.2) is 0 Å². The molecule has 0 aliphatic heterocycles. The van der Waals surface area contributed by atoms with Crippen molar-refractivity contribution in [2.24, 2.45) is 5.73 Å². The largest absolute Gasteiger partial charge is 0.366 e. The molecule has 0 bridgehead atoms. The standard InChI is InChI=1S/C14H22ClN3O/c1-3-18(4-2)8-7-17-10-12-6-5-11(14(16)19)9-13(12)15/h5-6,9,17H,3-4,7-8,10H2,1-2H3,(H2,16,19). The van der Waals surface area contributed by atoms with Crippen LogP contribution in [0.4, 0.5) is 0 Å². The third kappa shape index (κ3) is 5.19. The number of nitrogens with zero attached hydrogens (tertiary/aromatic N) is 1. The Balaban J connectivity index is 2.43. The third-order valence-electron chi connectivity index (χ3n) is 3.15. The van der Waals surface area contributed by atoms with E-state index in [2.05, 4.69) is 24.1 Å². The van der Waals surface area contributed by atoms with Gasteiger partial charge in [0.1, 0.15) is 0 Å². The summed E-state index contributed by atoms with van der Waals surface area (Å²) in [6.45, 7) is 9.06. The Bertz CT molecular complexity index is 419. The third-order valence-corrected chi connectivity index (χ3v) is 3.50. The average Bonchev–Trinajstić information content (AvgIpc) is 2.40. The highest BCUT2D eigenvalue weighted by atomic mass is 35.5. The molecule has 0 spiro atoms. The molecule has 0 aliphatic carbocycles. The maximum atomic E-state index is 11.0. The molecule has 0 aliphatic rings. The lowest BCUT2D eigenvalue weighted by Gasteiger charge is -2.18. The molecule has 5 heteroatoms. The molecule has 0 fully saturated rings. The predicted molar refractivity (Wildman–Crippen MR) is 79.5 cm³/mol. The minimum absolute atomic E-state index is 0.442. The minimum Gasteiger partial charge on any atom is -0.366 e. The van der Waals surface area contributed by atoms with Crippen molar-refractivity contribution in [2.45, 2.75) is 20.4 Å². The van der Waals surface area contributed by atoms with Crippen LogP contribution in [0, 0.1) is 0 Å². The van der Waals surface area contributed by atoms with Crippen molar-refractivity contribution in [1.82, 2.24) is 10.2 Å². The zero-order valence-electron chi connectivity index (χ0n) is 11.6. The molecule has 1 rings (SSSR count). The molecular weight excluding hydrogens is 262 g/mol. The van der Waals surface area contributed by atoms with E-state index >= 15 is 0 Å². The van der Waals surface area contributed by atoms with Gasteiger partial charge in [0.25, 0.3) is 0 Å². The highest BCUT2D eigenvalue weighted by Gasteiger charge is 2.05. The lowest BCUT2D eigenvalue weighted by Crippen LogP contribution is -2.31. The maximum absolute atomic E-state index is 11.0. The monoisotopic (exact) mass is 283 g/mol. The van der Waals surface area contributed by atoms with Crippen molar-refractivity contribution in [2.75, 3.05) is 26.2 Å². The molecule has 0 unspecified atom stereocenters. The van der Waals surface area contributed by atoms with E-state index < -0.39 is 5.91 Å². The summed E-state index contributed by atoms with van der Waals surface area (Å²) in [7, 11) is 0. The van der Waals surface area contributed by atoms with Crippen LogP contribution in [0.5, 0.6) is 0 Å². The Morgan fingerprint density at radius 1 is 1.37 bits per heavy atom. The number of carbonyl (C=O) groups excluding carboxylic acids is 1. The number of rotatable bonds is 8.